The third kappa shape index (κ3) is 4.17. The van der Waals surface area contributed by atoms with Gasteiger partial charge in [-0.1, -0.05) is 34.6 Å². The largest absolute Gasteiger partial charge is 0.392 e. The number of aromatic nitrogens is 2. The van der Waals surface area contributed by atoms with Gasteiger partial charge in [0.1, 0.15) is 5.82 Å². The molecule has 1 atom stereocenters. The summed E-state index contributed by atoms with van der Waals surface area (Å²) in [7, 11) is 0. The van der Waals surface area contributed by atoms with Crippen molar-refractivity contribution in [2.24, 2.45) is 11.3 Å². The Balaban J connectivity index is 2.03. The summed E-state index contributed by atoms with van der Waals surface area (Å²) in [5.41, 5.74) is -1.25. The number of halogens is 3. The zero-order valence-electron chi connectivity index (χ0n) is 14.5. The lowest BCUT2D eigenvalue weighted by Gasteiger charge is -2.44. The van der Waals surface area contributed by atoms with Crippen molar-refractivity contribution in [3.05, 3.63) is 5.82 Å². The summed E-state index contributed by atoms with van der Waals surface area (Å²) in [5.74, 6) is -0.776. The second-order valence-corrected chi connectivity index (χ2v) is 8.65. The lowest BCUT2D eigenvalue weighted by Crippen LogP contribution is -2.53. The van der Waals surface area contributed by atoms with Crippen LogP contribution in [0, 0.1) is 11.3 Å². The third-order valence-electron chi connectivity index (χ3n) is 4.22. The first-order valence-electron chi connectivity index (χ1n) is 7.77. The van der Waals surface area contributed by atoms with E-state index in [0.717, 1.165) is 11.5 Å². The first kappa shape index (κ1) is 19.0. The first-order chi connectivity index (χ1) is 10.8. The van der Waals surface area contributed by atoms with E-state index in [2.05, 4.69) is 14.7 Å². The van der Waals surface area contributed by atoms with Gasteiger partial charge < -0.3 is 4.90 Å². The Bertz CT molecular complexity index is 607. The molecule has 2 amide bonds. The molecule has 2 heterocycles. The smallest absolute Gasteiger partial charge is 0.324 e. The van der Waals surface area contributed by atoms with E-state index in [9.17, 15) is 18.0 Å². The topological polar surface area (TPSA) is 58.1 Å². The van der Waals surface area contributed by atoms with Gasteiger partial charge >= 0.3 is 12.2 Å². The Morgan fingerprint density at radius 3 is 2.42 bits per heavy atom. The van der Waals surface area contributed by atoms with Gasteiger partial charge in [0, 0.05) is 30.0 Å². The molecule has 24 heavy (non-hydrogen) atoms. The molecule has 1 aliphatic rings. The van der Waals surface area contributed by atoms with E-state index in [4.69, 9.17) is 0 Å². The second-order valence-electron chi connectivity index (χ2n) is 7.90. The van der Waals surface area contributed by atoms with Crippen LogP contribution in [0.15, 0.2) is 0 Å². The van der Waals surface area contributed by atoms with Crippen molar-refractivity contribution < 1.29 is 18.0 Å². The second kappa shape index (κ2) is 6.16. The summed E-state index contributed by atoms with van der Waals surface area (Å²) >= 11 is 1.07. The first-order valence-corrected chi connectivity index (χ1v) is 8.55. The molecule has 0 spiro atoms. The fourth-order valence-electron chi connectivity index (χ4n) is 2.89. The number of carbonyl (C=O) groups is 1. The Morgan fingerprint density at radius 1 is 1.33 bits per heavy atom. The van der Waals surface area contributed by atoms with Crippen LogP contribution in [0.2, 0.25) is 0 Å². The molecule has 0 aliphatic carbocycles. The van der Waals surface area contributed by atoms with Crippen LogP contribution in [0.5, 0.6) is 0 Å². The maximum absolute atomic E-state index is 13.1. The van der Waals surface area contributed by atoms with Crippen molar-refractivity contribution in [1.29, 1.82) is 0 Å². The highest BCUT2D eigenvalue weighted by Crippen LogP contribution is 2.45. The molecule has 136 valence electrons. The molecule has 0 saturated carbocycles. The van der Waals surface area contributed by atoms with Gasteiger partial charge in [0.05, 0.1) is 5.92 Å². The molecule has 1 aromatic rings. The van der Waals surface area contributed by atoms with E-state index in [0.29, 0.717) is 11.0 Å². The molecule has 0 aromatic carbocycles. The number of anilines is 1. The molecule has 5 nitrogen and oxygen atoms in total. The maximum Gasteiger partial charge on any atom is 0.392 e. The van der Waals surface area contributed by atoms with Crippen molar-refractivity contribution in [3.8, 4) is 0 Å². The normalized spacial score (nSPS) is 21.7. The predicted molar refractivity (Wildman–Crippen MR) is 87.1 cm³/mol. The molecule has 1 aliphatic heterocycles. The molecule has 9 heteroatoms. The Hall–Kier alpha value is -1.38. The average Bonchev–Trinajstić information content (AvgIpc) is 2.84. The Labute approximate surface area is 143 Å². The highest BCUT2D eigenvalue weighted by Gasteiger charge is 2.51. The fraction of sp³-hybridized carbons (Fsp3) is 0.800. The summed E-state index contributed by atoms with van der Waals surface area (Å²) in [6, 6.07) is -0.430. The fourth-order valence-corrected chi connectivity index (χ4v) is 3.63. The van der Waals surface area contributed by atoms with Crippen molar-refractivity contribution in [3.63, 3.8) is 0 Å². The van der Waals surface area contributed by atoms with Gasteiger partial charge in [0.15, 0.2) is 0 Å². The number of nitrogens with one attached hydrogen (secondary N) is 1. The number of amides is 2. The summed E-state index contributed by atoms with van der Waals surface area (Å²) in [6.45, 7) is 9.11. The minimum Gasteiger partial charge on any atom is -0.324 e. The number of hydrogen-bond donors (Lipinski definition) is 1. The Kier molecular flexibility index (Phi) is 4.87. The van der Waals surface area contributed by atoms with E-state index in [1.807, 2.05) is 20.8 Å². The zero-order chi connectivity index (χ0) is 18.3. The predicted octanol–water partition coefficient (Wildman–Crippen LogP) is 4.28. The van der Waals surface area contributed by atoms with Crippen LogP contribution in [-0.4, -0.2) is 39.6 Å². The Morgan fingerprint density at radius 2 is 1.96 bits per heavy atom. The van der Waals surface area contributed by atoms with Crippen LogP contribution in [0.25, 0.3) is 0 Å². The van der Waals surface area contributed by atoms with Gasteiger partial charge in [0.25, 0.3) is 0 Å². The number of hydrogen-bond acceptors (Lipinski definition) is 4. The highest BCUT2D eigenvalue weighted by molar-refractivity contribution is 7.09. The van der Waals surface area contributed by atoms with E-state index in [1.165, 1.54) is 4.90 Å². The van der Waals surface area contributed by atoms with E-state index in [1.54, 1.807) is 13.8 Å². The molecule has 0 bridgehead atoms. The minimum atomic E-state index is -4.24. The number of nitrogens with zero attached hydrogens (tertiary/aromatic N) is 3. The number of carbonyl (C=O) groups excluding carboxylic acids is 1. The van der Waals surface area contributed by atoms with Gasteiger partial charge in [-0.3, -0.25) is 5.32 Å². The van der Waals surface area contributed by atoms with Crippen molar-refractivity contribution in [1.82, 2.24) is 14.3 Å². The molecular weight excluding hydrogens is 341 g/mol. The quantitative estimate of drug-likeness (QED) is 0.809. The summed E-state index contributed by atoms with van der Waals surface area (Å²) < 4.78 is 43.5. The monoisotopic (exact) mass is 364 g/mol. The molecule has 2 rings (SSSR count). The van der Waals surface area contributed by atoms with E-state index in [-0.39, 0.29) is 24.9 Å². The van der Waals surface area contributed by atoms with E-state index >= 15 is 0 Å². The molecule has 1 unspecified atom stereocenters. The molecule has 1 N–H and O–H groups in total. The van der Waals surface area contributed by atoms with Gasteiger partial charge in [-0.05, 0) is 11.8 Å². The summed E-state index contributed by atoms with van der Waals surface area (Å²) in [6.07, 6.45) is -4.33. The van der Waals surface area contributed by atoms with Crippen LogP contribution in [0.3, 0.4) is 0 Å². The van der Waals surface area contributed by atoms with Gasteiger partial charge in [0.2, 0.25) is 5.13 Å². The van der Waals surface area contributed by atoms with Crippen LogP contribution in [0.1, 0.15) is 46.9 Å². The number of urea groups is 1. The molecule has 1 fully saturated rings. The molecule has 0 radical (unpaired) electrons. The number of likely N-dealkylation sites (tertiary alicyclic amines) is 1. The standard InChI is InChI=1S/C15H23F3N4OS/c1-13(2,3)10-19-11(24-21-10)20-12(23)22-7-6-9(15(16,17)18)14(4,5)8-22/h9H,6-8H2,1-5H3,(H,19,20,21,23). The summed E-state index contributed by atoms with van der Waals surface area (Å²) in [5, 5.41) is 3.01. The number of rotatable bonds is 1. The minimum absolute atomic E-state index is 0.0495. The van der Waals surface area contributed by atoms with Crippen LogP contribution >= 0.6 is 11.5 Å². The lowest BCUT2D eigenvalue weighted by atomic mass is 9.73. The molecule has 1 aromatic heterocycles. The molecule has 1 saturated heterocycles. The van der Waals surface area contributed by atoms with Crippen LogP contribution in [-0.2, 0) is 5.41 Å². The maximum atomic E-state index is 13.1. The number of alkyl halides is 3. The van der Waals surface area contributed by atoms with Gasteiger partial charge in [-0.25, -0.2) is 9.78 Å². The third-order valence-corrected chi connectivity index (χ3v) is 4.85. The average molecular weight is 364 g/mol. The van der Waals surface area contributed by atoms with Crippen LogP contribution < -0.4 is 5.32 Å². The van der Waals surface area contributed by atoms with Crippen LogP contribution in [0.4, 0.5) is 23.1 Å². The number of piperidine rings is 1. The van der Waals surface area contributed by atoms with Crippen molar-refractivity contribution in [2.45, 2.75) is 52.6 Å². The molecular formula is C15H23F3N4OS. The van der Waals surface area contributed by atoms with E-state index < -0.39 is 23.5 Å². The van der Waals surface area contributed by atoms with Crippen molar-refractivity contribution in [2.75, 3.05) is 18.4 Å². The van der Waals surface area contributed by atoms with Gasteiger partial charge in [-0.15, -0.1) is 0 Å². The SMILES string of the molecule is CC(C)(C)c1nsc(NC(=O)N2CCC(C(F)(F)F)C(C)(C)C2)n1. The highest BCUT2D eigenvalue weighted by atomic mass is 32.1. The lowest BCUT2D eigenvalue weighted by molar-refractivity contribution is -0.214. The summed E-state index contributed by atoms with van der Waals surface area (Å²) in [4.78, 5) is 18.0. The zero-order valence-corrected chi connectivity index (χ0v) is 15.3. The van der Waals surface area contributed by atoms with Gasteiger partial charge in [-0.2, -0.15) is 17.5 Å². The van der Waals surface area contributed by atoms with Crippen molar-refractivity contribution >= 4 is 22.7 Å².